The first-order chi connectivity index (χ1) is 12.6. The predicted molar refractivity (Wildman–Crippen MR) is 112 cm³/mol. The van der Waals surface area contributed by atoms with E-state index in [-0.39, 0.29) is 0 Å². The third-order valence-corrected chi connectivity index (χ3v) is 4.30. The zero-order valence-electron chi connectivity index (χ0n) is 17.1. The van der Waals surface area contributed by atoms with Gasteiger partial charge in [0.1, 0.15) is 0 Å². The molecule has 0 spiro atoms. The van der Waals surface area contributed by atoms with Crippen molar-refractivity contribution in [3.8, 4) is 47.4 Å². The molecule has 2 heteroatoms. The summed E-state index contributed by atoms with van der Waals surface area (Å²) in [6, 6.07) is 0.939. The van der Waals surface area contributed by atoms with Crippen LogP contribution in [0.1, 0.15) is 66.2 Å². The molecule has 0 atom stereocenters. The van der Waals surface area contributed by atoms with E-state index in [1.165, 1.54) is 0 Å². The minimum absolute atomic E-state index is 0.470. The van der Waals surface area contributed by atoms with Gasteiger partial charge in [0.15, 0.2) is 0 Å². The molecular formula is C24H34N2. The molecule has 26 heavy (non-hydrogen) atoms. The maximum Gasteiger partial charge on any atom is 0.0612 e. The summed E-state index contributed by atoms with van der Waals surface area (Å²) >= 11 is 0. The summed E-state index contributed by atoms with van der Waals surface area (Å²) in [7, 11) is 0. The van der Waals surface area contributed by atoms with Crippen molar-refractivity contribution in [2.75, 3.05) is 26.2 Å². The fourth-order valence-electron chi connectivity index (χ4n) is 2.36. The van der Waals surface area contributed by atoms with E-state index in [0.29, 0.717) is 12.1 Å². The number of hydrogen-bond acceptors (Lipinski definition) is 2. The van der Waals surface area contributed by atoms with Crippen molar-refractivity contribution in [2.45, 2.75) is 78.3 Å². The summed E-state index contributed by atoms with van der Waals surface area (Å²) in [5.74, 6) is 26.3. The standard InChI is InChI=1S/C24H34N2/c1-23(2)25-19-15-11-7-5-9-13-17-21-26(24(3)4)22-18-14-10-6-8-12-16-20-25/h23-24H,5-10,19-22H2,1-4H3. The van der Waals surface area contributed by atoms with E-state index in [1.54, 1.807) is 0 Å². The van der Waals surface area contributed by atoms with E-state index in [9.17, 15) is 0 Å². The lowest BCUT2D eigenvalue weighted by atomic mass is 10.2. The van der Waals surface area contributed by atoms with Gasteiger partial charge in [-0.3, -0.25) is 9.80 Å². The Bertz CT molecular complexity index is 523. The van der Waals surface area contributed by atoms with Gasteiger partial charge in [-0.25, -0.2) is 0 Å². The number of hydrogen-bond donors (Lipinski definition) is 0. The summed E-state index contributed by atoms with van der Waals surface area (Å²) in [5, 5.41) is 0. The van der Waals surface area contributed by atoms with E-state index >= 15 is 0 Å². The summed E-state index contributed by atoms with van der Waals surface area (Å²) in [4.78, 5) is 4.64. The van der Waals surface area contributed by atoms with Gasteiger partial charge >= 0.3 is 0 Å². The van der Waals surface area contributed by atoms with Crippen molar-refractivity contribution < 1.29 is 0 Å². The van der Waals surface area contributed by atoms with Crippen LogP contribution in [0.5, 0.6) is 0 Å². The van der Waals surface area contributed by atoms with Crippen LogP contribution < -0.4 is 0 Å². The molecule has 1 aliphatic heterocycles. The molecule has 2 nitrogen and oxygen atoms in total. The van der Waals surface area contributed by atoms with E-state index in [0.717, 1.165) is 64.7 Å². The maximum absolute atomic E-state index is 3.29. The van der Waals surface area contributed by atoms with E-state index in [2.05, 4.69) is 84.9 Å². The summed E-state index contributed by atoms with van der Waals surface area (Å²) in [6.07, 6.45) is 5.78. The Morgan fingerprint density at radius 3 is 0.962 bits per heavy atom. The zero-order chi connectivity index (χ0) is 19.0. The van der Waals surface area contributed by atoms with Gasteiger partial charge in [-0.1, -0.05) is 23.7 Å². The zero-order valence-corrected chi connectivity index (χ0v) is 17.1. The molecule has 0 N–H and O–H groups in total. The van der Waals surface area contributed by atoms with Gasteiger partial charge in [0.25, 0.3) is 0 Å². The highest BCUT2D eigenvalue weighted by atomic mass is 15.1. The molecule has 0 saturated heterocycles. The average molecular weight is 351 g/mol. The molecule has 0 radical (unpaired) electrons. The number of nitrogens with zero attached hydrogens (tertiary/aromatic N) is 2. The molecule has 0 aromatic heterocycles. The predicted octanol–water partition coefficient (Wildman–Crippen LogP) is 3.78. The van der Waals surface area contributed by atoms with Gasteiger partial charge in [-0.05, 0) is 40.5 Å². The first kappa shape index (κ1) is 22.2. The molecule has 0 fully saturated rings. The number of rotatable bonds is 2. The first-order valence-corrected chi connectivity index (χ1v) is 9.92. The van der Waals surface area contributed by atoms with Crippen LogP contribution in [-0.2, 0) is 0 Å². The highest BCUT2D eigenvalue weighted by Crippen LogP contribution is 1.99. The Kier molecular flexibility index (Phi) is 12.2. The fourth-order valence-corrected chi connectivity index (χ4v) is 2.36. The van der Waals surface area contributed by atoms with E-state index in [1.807, 2.05) is 0 Å². The summed E-state index contributed by atoms with van der Waals surface area (Å²) in [6.45, 7) is 12.0. The molecular weight excluding hydrogens is 316 g/mol. The molecule has 0 unspecified atom stereocenters. The second-order valence-electron chi connectivity index (χ2n) is 7.12. The van der Waals surface area contributed by atoms with Crippen LogP contribution in [0.2, 0.25) is 0 Å². The van der Waals surface area contributed by atoms with Gasteiger partial charge in [-0.2, -0.15) is 0 Å². The van der Waals surface area contributed by atoms with Crippen LogP contribution in [0.15, 0.2) is 0 Å². The van der Waals surface area contributed by atoms with Crippen molar-refractivity contribution in [1.29, 1.82) is 0 Å². The molecule has 1 rings (SSSR count). The van der Waals surface area contributed by atoms with Crippen LogP contribution in [0, 0.1) is 47.4 Å². The minimum atomic E-state index is 0.470. The molecule has 0 saturated carbocycles. The molecule has 0 aromatic carbocycles. The van der Waals surface area contributed by atoms with Gasteiger partial charge in [0.05, 0.1) is 26.2 Å². The Morgan fingerprint density at radius 2 is 0.731 bits per heavy atom. The van der Waals surface area contributed by atoms with Crippen molar-refractivity contribution in [2.24, 2.45) is 0 Å². The van der Waals surface area contributed by atoms with Gasteiger partial charge in [0, 0.05) is 37.8 Å². The SMILES string of the molecule is CC(C)N1CC#CCCCC#CCN(C(C)C)CC#CCCCC#CC1. The second kappa shape index (κ2) is 14.3. The quantitative estimate of drug-likeness (QED) is 0.700. The van der Waals surface area contributed by atoms with Crippen molar-refractivity contribution in [1.82, 2.24) is 9.80 Å². The van der Waals surface area contributed by atoms with Crippen LogP contribution in [0.4, 0.5) is 0 Å². The first-order valence-electron chi connectivity index (χ1n) is 9.92. The Labute approximate surface area is 162 Å². The van der Waals surface area contributed by atoms with Crippen LogP contribution in [0.25, 0.3) is 0 Å². The average Bonchev–Trinajstić information content (AvgIpc) is 2.60. The molecule has 140 valence electrons. The Morgan fingerprint density at radius 1 is 0.462 bits per heavy atom. The van der Waals surface area contributed by atoms with Crippen molar-refractivity contribution in [3.05, 3.63) is 0 Å². The fraction of sp³-hybridized carbons (Fsp3) is 0.667. The smallest absolute Gasteiger partial charge is 0.0612 e. The monoisotopic (exact) mass is 350 g/mol. The minimum Gasteiger partial charge on any atom is -0.279 e. The summed E-state index contributed by atoms with van der Waals surface area (Å²) in [5.41, 5.74) is 0. The van der Waals surface area contributed by atoms with E-state index in [4.69, 9.17) is 0 Å². The third kappa shape index (κ3) is 10.9. The molecule has 0 aromatic rings. The lowest BCUT2D eigenvalue weighted by Crippen LogP contribution is -2.31. The van der Waals surface area contributed by atoms with Crippen LogP contribution in [0.3, 0.4) is 0 Å². The highest BCUT2D eigenvalue weighted by molar-refractivity contribution is 5.09. The third-order valence-electron chi connectivity index (χ3n) is 4.30. The maximum atomic E-state index is 3.29. The van der Waals surface area contributed by atoms with Crippen molar-refractivity contribution >= 4 is 0 Å². The van der Waals surface area contributed by atoms with Gasteiger partial charge < -0.3 is 0 Å². The topological polar surface area (TPSA) is 6.48 Å². The Balaban J connectivity index is 2.65. The lowest BCUT2D eigenvalue weighted by molar-refractivity contribution is 0.281. The molecule has 1 aliphatic rings. The largest absolute Gasteiger partial charge is 0.279 e. The molecule has 0 bridgehead atoms. The summed E-state index contributed by atoms with van der Waals surface area (Å²) < 4.78 is 0. The highest BCUT2D eigenvalue weighted by Gasteiger charge is 2.06. The van der Waals surface area contributed by atoms with Gasteiger partial charge in [-0.15, -0.1) is 23.7 Å². The van der Waals surface area contributed by atoms with Gasteiger partial charge in [0.2, 0.25) is 0 Å². The molecule has 1 heterocycles. The van der Waals surface area contributed by atoms with Crippen molar-refractivity contribution in [3.63, 3.8) is 0 Å². The second-order valence-corrected chi connectivity index (χ2v) is 7.12. The molecule has 0 amide bonds. The lowest BCUT2D eigenvalue weighted by Gasteiger charge is -2.21. The van der Waals surface area contributed by atoms with Crippen LogP contribution in [-0.4, -0.2) is 48.1 Å². The molecule has 0 aliphatic carbocycles. The van der Waals surface area contributed by atoms with E-state index < -0.39 is 0 Å². The normalized spacial score (nSPS) is 18.4. The Hall–Kier alpha value is -1.84. The van der Waals surface area contributed by atoms with Crippen LogP contribution >= 0.6 is 0 Å².